The number of benzene rings is 1. The molecule has 5 N–H and O–H groups in total. The second kappa shape index (κ2) is 10.3. The van der Waals surface area contributed by atoms with Gasteiger partial charge in [-0.25, -0.2) is 15.4 Å². The van der Waals surface area contributed by atoms with Crippen LogP contribution in [-0.4, -0.2) is 63.7 Å². The van der Waals surface area contributed by atoms with Gasteiger partial charge >= 0.3 is 6.01 Å². The highest BCUT2D eigenvalue weighted by Crippen LogP contribution is 2.26. The first-order valence-electron chi connectivity index (χ1n) is 13.0. The van der Waals surface area contributed by atoms with Gasteiger partial charge in [-0.2, -0.15) is 0 Å². The average molecular weight is 517 g/mol. The van der Waals surface area contributed by atoms with Crippen LogP contribution in [0.2, 0.25) is 0 Å². The molecule has 1 amide bonds. The van der Waals surface area contributed by atoms with Crippen molar-refractivity contribution in [2.45, 2.75) is 44.7 Å². The van der Waals surface area contributed by atoms with Gasteiger partial charge in [0.15, 0.2) is 0 Å². The van der Waals surface area contributed by atoms with Crippen molar-refractivity contribution in [3.05, 3.63) is 70.1 Å². The van der Waals surface area contributed by atoms with E-state index < -0.39 is 0 Å². The number of carbonyl (C=O) groups excluding carboxylic acids is 1. The van der Waals surface area contributed by atoms with E-state index in [1.807, 2.05) is 11.1 Å². The second-order valence-electron chi connectivity index (χ2n) is 9.95. The molecule has 38 heavy (non-hydrogen) atoms. The minimum atomic E-state index is -0.0779. The van der Waals surface area contributed by atoms with Crippen molar-refractivity contribution in [2.75, 3.05) is 36.9 Å². The predicted molar refractivity (Wildman–Crippen MR) is 141 cm³/mol. The quantitative estimate of drug-likeness (QED) is 0.328. The van der Waals surface area contributed by atoms with Gasteiger partial charge in [0.2, 0.25) is 17.7 Å². The fourth-order valence-electron chi connectivity index (χ4n) is 5.34. The maximum Gasteiger partial charge on any atom is 0.318 e. The van der Waals surface area contributed by atoms with Crippen LogP contribution < -0.4 is 26.8 Å². The van der Waals surface area contributed by atoms with Gasteiger partial charge in [0.1, 0.15) is 6.42 Å². The van der Waals surface area contributed by atoms with Gasteiger partial charge in [-0.1, -0.05) is 29.4 Å². The van der Waals surface area contributed by atoms with Crippen molar-refractivity contribution in [1.29, 1.82) is 0 Å². The number of hydrogen-bond donors (Lipinski definition) is 4. The lowest BCUT2D eigenvalue weighted by atomic mass is 10.1. The molecule has 3 aromatic rings. The van der Waals surface area contributed by atoms with Crippen LogP contribution >= 0.6 is 0 Å². The highest BCUT2D eigenvalue weighted by Gasteiger charge is 2.27. The van der Waals surface area contributed by atoms with Crippen LogP contribution in [0.5, 0.6) is 0 Å². The third kappa shape index (κ3) is 4.99. The summed E-state index contributed by atoms with van der Waals surface area (Å²) in [7, 11) is 1.76. The number of hydrazine groups is 1. The van der Waals surface area contributed by atoms with E-state index in [0.717, 1.165) is 41.9 Å². The molecule has 6 rings (SSSR count). The Kier molecular flexibility index (Phi) is 6.54. The minimum Gasteiger partial charge on any atom is -0.407 e. The number of nitrogens with one attached hydrogen (secondary N) is 3. The maximum atomic E-state index is 12.8. The van der Waals surface area contributed by atoms with Crippen LogP contribution in [-0.2, 0) is 37.0 Å². The maximum absolute atomic E-state index is 12.8. The number of fused-ring (bicyclic) bond motifs is 2. The molecule has 2 aromatic heterocycles. The standard InChI is InChI=1S/C26H32N10O2/c1-28-32-22-15-35(8-6-20(22)27)24(37)12-23-33-34-26(38-23)36-9-7-21-18(14-36)13-29-25(31-21)30-19-10-16-4-2-3-5-17(16)11-19/h2-5,13,19,28,32H,6-12,14-15,27H2,1H3,(H,29,30,31). The zero-order valence-electron chi connectivity index (χ0n) is 21.4. The van der Waals surface area contributed by atoms with Crippen LogP contribution in [0.3, 0.4) is 0 Å². The molecule has 0 atom stereocenters. The summed E-state index contributed by atoms with van der Waals surface area (Å²) >= 11 is 0. The molecule has 0 saturated heterocycles. The fraction of sp³-hybridized carbons (Fsp3) is 0.423. The molecule has 198 valence electrons. The number of carbonyl (C=O) groups is 1. The normalized spacial score (nSPS) is 17.4. The van der Waals surface area contributed by atoms with Crippen molar-refractivity contribution < 1.29 is 9.21 Å². The minimum absolute atomic E-state index is 0.0489. The number of amides is 1. The fourth-order valence-corrected chi connectivity index (χ4v) is 5.34. The zero-order valence-corrected chi connectivity index (χ0v) is 21.4. The molecular formula is C26H32N10O2. The third-order valence-electron chi connectivity index (χ3n) is 7.36. The van der Waals surface area contributed by atoms with Crippen LogP contribution in [0, 0.1) is 0 Å². The molecule has 0 unspecified atom stereocenters. The molecular weight excluding hydrogens is 484 g/mol. The molecule has 12 heteroatoms. The van der Waals surface area contributed by atoms with Crippen molar-refractivity contribution in [3.8, 4) is 0 Å². The number of nitrogens with zero attached hydrogens (tertiary/aromatic N) is 6. The molecule has 0 saturated carbocycles. The summed E-state index contributed by atoms with van der Waals surface area (Å²) in [6.07, 6.45) is 5.27. The lowest BCUT2D eigenvalue weighted by Crippen LogP contribution is -2.44. The van der Waals surface area contributed by atoms with Gasteiger partial charge in [-0.3, -0.25) is 4.79 Å². The van der Waals surface area contributed by atoms with Gasteiger partial charge in [-0.15, -0.1) is 5.10 Å². The summed E-state index contributed by atoms with van der Waals surface area (Å²) < 4.78 is 5.88. The Morgan fingerprint density at radius 2 is 1.92 bits per heavy atom. The van der Waals surface area contributed by atoms with E-state index in [0.29, 0.717) is 56.5 Å². The van der Waals surface area contributed by atoms with E-state index in [9.17, 15) is 4.79 Å². The van der Waals surface area contributed by atoms with E-state index in [4.69, 9.17) is 15.1 Å². The second-order valence-corrected chi connectivity index (χ2v) is 9.95. The summed E-state index contributed by atoms with van der Waals surface area (Å²) in [5.41, 5.74) is 18.3. The molecule has 3 aliphatic rings. The number of anilines is 2. The molecule has 12 nitrogen and oxygen atoms in total. The molecule has 1 aliphatic carbocycles. The van der Waals surface area contributed by atoms with E-state index in [1.54, 1.807) is 11.9 Å². The highest BCUT2D eigenvalue weighted by molar-refractivity contribution is 5.78. The Bertz CT molecular complexity index is 1340. The van der Waals surface area contributed by atoms with Crippen molar-refractivity contribution in [1.82, 2.24) is 35.9 Å². The smallest absolute Gasteiger partial charge is 0.318 e. The summed E-state index contributed by atoms with van der Waals surface area (Å²) in [4.78, 5) is 26.0. The van der Waals surface area contributed by atoms with Gasteiger partial charge in [0.25, 0.3) is 0 Å². The van der Waals surface area contributed by atoms with Crippen LogP contribution in [0.15, 0.2) is 46.3 Å². The Balaban J connectivity index is 1.05. The SMILES string of the molecule is CNNC1=C(N)CCN(C(=O)Cc2nnc(N3CCc4nc(NC5Cc6ccccc6C5)ncc4C3)o2)C1. The molecule has 0 radical (unpaired) electrons. The topological polar surface area (TPSA) is 150 Å². The molecule has 0 bridgehead atoms. The van der Waals surface area contributed by atoms with Gasteiger partial charge in [0, 0.05) is 56.5 Å². The zero-order chi connectivity index (χ0) is 26.1. The number of nitrogens with two attached hydrogens (primary N) is 1. The Morgan fingerprint density at radius 1 is 1.11 bits per heavy atom. The molecule has 2 aliphatic heterocycles. The van der Waals surface area contributed by atoms with E-state index >= 15 is 0 Å². The first kappa shape index (κ1) is 24.2. The van der Waals surface area contributed by atoms with E-state index in [2.05, 4.69) is 55.6 Å². The first-order valence-corrected chi connectivity index (χ1v) is 13.0. The number of hydrogen-bond acceptors (Lipinski definition) is 11. The summed E-state index contributed by atoms with van der Waals surface area (Å²) in [5.74, 6) is 0.900. The Morgan fingerprint density at radius 3 is 2.71 bits per heavy atom. The van der Waals surface area contributed by atoms with Crippen molar-refractivity contribution in [2.24, 2.45) is 5.73 Å². The van der Waals surface area contributed by atoms with Crippen LogP contribution in [0.25, 0.3) is 0 Å². The Labute approximate surface area is 220 Å². The molecule has 4 heterocycles. The lowest BCUT2D eigenvalue weighted by Gasteiger charge is -2.29. The molecule has 0 spiro atoms. The lowest BCUT2D eigenvalue weighted by molar-refractivity contribution is -0.130. The molecule has 1 aromatic carbocycles. The van der Waals surface area contributed by atoms with Gasteiger partial charge in [-0.05, 0) is 24.0 Å². The summed E-state index contributed by atoms with van der Waals surface area (Å²) in [6.45, 7) is 2.26. The predicted octanol–water partition coefficient (Wildman–Crippen LogP) is 0.671. The van der Waals surface area contributed by atoms with E-state index in [1.165, 1.54) is 11.1 Å². The van der Waals surface area contributed by atoms with Crippen molar-refractivity contribution in [3.63, 3.8) is 0 Å². The summed E-state index contributed by atoms with van der Waals surface area (Å²) in [6, 6.07) is 9.29. The van der Waals surface area contributed by atoms with Crippen LogP contribution in [0.1, 0.15) is 34.7 Å². The average Bonchev–Trinajstić information content (AvgIpc) is 3.56. The monoisotopic (exact) mass is 516 g/mol. The third-order valence-corrected chi connectivity index (χ3v) is 7.36. The first-order chi connectivity index (χ1) is 18.6. The van der Waals surface area contributed by atoms with Gasteiger partial charge in [0.05, 0.1) is 24.5 Å². The molecule has 0 fully saturated rings. The number of rotatable bonds is 7. The van der Waals surface area contributed by atoms with Crippen LogP contribution in [0.4, 0.5) is 12.0 Å². The van der Waals surface area contributed by atoms with E-state index in [-0.39, 0.29) is 12.3 Å². The Hall–Kier alpha value is -4.19. The highest BCUT2D eigenvalue weighted by atomic mass is 16.4. The van der Waals surface area contributed by atoms with Gasteiger partial charge < -0.3 is 30.7 Å². The number of aromatic nitrogens is 4. The largest absolute Gasteiger partial charge is 0.407 e. The summed E-state index contributed by atoms with van der Waals surface area (Å²) in [5, 5.41) is 11.8. The van der Waals surface area contributed by atoms with Crippen molar-refractivity contribution >= 4 is 17.9 Å².